The molecule has 55 valence electrons. The van der Waals surface area contributed by atoms with Crippen LogP contribution in [0.5, 0.6) is 0 Å². The summed E-state index contributed by atoms with van der Waals surface area (Å²) in [4.78, 5) is 0. The van der Waals surface area contributed by atoms with E-state index >= 15 is 0 Å². The zero-order valence-corrected chi connectivity index (χ0v) is 7.48. The van der Waals surface area contributed by atoms with Gasteiger partial charge in [0.05, 0.1) is 6.07 Å². The van der Waals surface area contributed by atoms with Gasteiger partial charge in [0.2, 0.25) is 10.5 Å². The molecule has 0 aromatic rings. The number of hydrogen-bond acceptors (Lipinski definition) is 2. The molecule has 0 amide bonds. The van der Waals surface area contributed by atoms with E-state index in [9.17, 15) is 0 Å². The van der Waals surface area contributed by atoms with E-state index in [1.54, 1.807) is 0 Å². The first-order valence-electron chi connectivity index (χ1n) is 3.34. The van der Waals surface area contributed by atoms with Crippen LogP contribution in [-0.2, 0) is 4.43 Å². The lowest BCUT2D eigenvalue weighted by Gasteiger charge is -2.22. The molecule has 10 heavy (non-hydrogen) atoms. The Labute approximate surface area is 65.7 Å². The molecule has 0 heterocycles. The van der Waals surface area contributed by atoms with Gasteiger partial charge in [0, 0.05) is 12.0 Å². The lowest BCUT2D eigenvalue weighted by molar-refractivity contribution is 0.111. The van der Waals surface area contributed by atoms with E-state index in [1.807, 2.05) is 13.8 Å². The lowest BCUT2D eigenvalue weighted by Crippen LogP contribution is -2.22. The van der Waals surface area contributed by atoms with Crippen LogP contribution in [-0.4, -0.2) is 16.1 Å². The van der Waals surface area contributed by atoms with Crippen LogP contribution in [0.15, 0.2) is 0 Å². The van der Waals surface area contributed by atoms with E-state index in [2.05, 4.69) is 16.6 Å². The van der Waals surface area contributed by atoms with E-state index in [4.69, 9.17) is 9.69 Å². The quantitative estimate of drug-likeness (QED) is 0.455. The van der Waals surface area contributed by atoms with Crippen molar-refractivity contribution in [3.05, 3.63) is 0 Å². The van der Waals surface area contributed by atoms with Gasteiger partial charge < -0.3 is 4.43 Å². The van der Waals surface area contributed by atoms with Crippen LogP contribution in [0.3, 0.4) is 0 Å². The minimum absolute atomic E-state index is 0.145. The average molecular weight is 154 g/mol. The first-order valence-corrected chi connectivity index (χ1v) is 3.75. The summed E-state index contributed by atoms with van der Waals surface area (Å²) >= 11 is 0. The Morgan fingerprint density at radius 3 is 2.60 bits per heavy atom. The Balaban J connectivity index is 3.39. The van der Waals surface area contributed by atoms with Crippen LogP contribution in [0.1, 0.15) is 33.1 Å². The third-order valence-electron chi connectivity index (χ3n) is 1.34. The van der Waals surface area contributed by atoms with Gasteiger partial charge in [-0.25, -0.2) is 0 Å². The fourth-order valence-corrected chi connectivity index (χ4v) is 0.746. The second kappa shape index (κ2) is 4.48. The standard InChI is InChI=1S/C7H12NOSi/c1-7(2,9-10)5-3-4-6-8/h3-5H2,1-2H3. The summed E-state index contributed by atoms with van der Waals surface area (Å²) in [6, 6.07) is 2.09. The average Bonchev–Trinajstić information content (AvgIpc) is 1.89. The highest BCUT2D eigenvalue weighted by Crippen LogP contribution is 2.15. The Morgan fingerprint density at radius 2 is 2.20 bits per heavy atom. The van der Waals surface area contributed by atoms with Crippen LogP contribution in [0.2, 0.25) is 0 Å². The third-order valence-corrected chi connectivity index (χ3v) is 1.90. The summed E-state index contributed by atoms with van der Waals surface area (Å²) in [5.74, 6) is 0. The molecule has 0 spiro atoms. The molecule has 0 aromatic heterocycles. The number of nitriles is 1. The summed E-state index contributed by atoms with van der Waals surface area (Å²) in [5, 5.41) is 8.23. The SMILES string of the molecule is CC(C)(CCCC#N)O[Si]. The van der Waals surface area contributed by atoms with E-state index < -0.39 is 0 Å². The molecule has 3 heteroatoms. The molecule has 0 bridgehead atoms. The molecular formula is C7H12NOSi. The second-order valence-electron chi connectivity index (χ2n) is 2.87. The van der Waals surface area contributed by atoms with Crippen molar-refractivity contribution >= 4 is 10.5 Å². The highest BCUT2D eigenvalue weighted by atomic mass is 28.2. The molecule has 0 unspecified atom stereocenters. The van der Waals surface area contributed by atoms with Crippen molar-refractivity contribution in [1.29, 1.82) is 5.26 Å². The number of unbranched alkanes of at least 4 members (excludes halogenated alkanes) is 1. The van der Waals surface area contributed by atoms with Crippen LogP contribution >= 0.6 is 0 Å². The second-order valence-corrected chi connectivity index (χ2v) is 3.08. The molecule has 0 atom stereocenters. The Bertz CT molecular complexity index is 128. The summed E-state index contributed by atoms with van der Waals surface area (Å²) in [5.41, 5.74) is -0.145. The van der Waals surface area contributed by atoms with Gasteiger partial charge in [0.15, 0.2) is 0 Å². The van der Waals surface area contributed by atoms with Crippen molar-refractivity contribution in [2.24, 2.45) is 0 Å². The van der Waals surface area contributed by atoms with E-state index in [-0.39, 0.29) is 5.60 Å². The smallest absolute Gasteiger partial charge is 0.246 e. The predicted molar refractivity (Wildman–Crippen MR) is 40.4 cm³/mol. The maximum Gasteiger partial charge on any atom is 0.246 e. The molecule has 3 radical (unpaired) electrons. The predicted octanol–water partition coefficient (Wildman–Crippen LogP) is 1.56. The molecule has 2 nitrogen and oxygen atoms in total. The molecule has 0 rings (SSSR count). The molecule has 0 aliphatic rings. The number of rotatable bonds is 4. The van der Waals surface area contributed by atoms with Crippen LogP contribution in [0.25, 0.3) is 0 Å². The molecular weight excluding hydrogens is 142 g/mol. The molecule has 0 aromatic carbocycles. The highest BCUT2D eigenvalue weighted by Gasteiger charge is 2.14. The number of nitrogens with zero attached hydrogens (tertiary/aromatic N) is 1. The van der Waals surface area contributed by atoms with Gasteiger partial charge >= 0.3 is 0 Å². The summed E-state index contributed by atoms with van der Waals surface area (Å²) in [7, 11) is 2.99. The van der Waals surface area contributed by atoms with Gasteiger partial charge in [0.1, 0.15) is 0 Å². The van der Waals surface area contributed by atoms with Gasteiger partial charge in [-0.15, -0.1) is 0 Å². The van der Waals surface area contributed by atoms with Crippen molar-refractivity contribution in [2.75, 3.05) is 0 Å². The monoisotopic (exact) mass is 154 g/mol. The van der Waals surface area contributed by atoms with Gasteiger partial charge in [-0.1, -0.05) is 0 Å². The van der Waals surface area contributed by atoms with Crippen LogP contribution in [0.4, 0.5) is 0 Å². The minimum Gasteiger partial charge on any atom is -0.414 e. The lowest BCUT2D eigenvalue weighted by atomic mass is 10.0. The van der Waals surface area contributed by atoms with E-state index in [1.165, 1.54) is 0 Å². The topological polar surface area (TPSA) is 33.0 Å². The van der Waals surface area contributed by atoms with Crippen molar-refractivity contribution in [3.8, 4) is 6.07 Å². The van der Waals surface area contributed by atoms with Gasteiger partial charge in [0.25, 0.3) is 0 Å². The van der Waals surface area contributed by atoms with Crippen molar-refractivity contribution < 1.29 is 4.43 Å². The summed E-state index contributed by atoms with van der Waals surface area (Å²) < 4.78 is 4.98. The number of hydrogen-bond donors (Lipinski definition) is 0. The first-order chi connectivity index (χ1) is 4.62. The zero-order valence-electron chi connectivity index (χ0n) is 6.48. The largest absolute Gasteiger partial charge is 0.414 e. The van der Waals surface area contributed by atoms with Crippen LogP contribution in [0, 0.1) is 11.3 Å². The fraction of sp³-hybridized carbons (Fsp3) is 0.857. The van der Waals surface area contributed by atoms with E-state index in [0.717, 1.165) is 12.8 Å². The highest BCUT2D eigenvalue weighted by molar-refractivity contribution is 5.98. The molecule has 0 aliphatic carbocycles. The normalized spacial score (nSPS) is 11.0. The summed E-state index contributed by atoms with van der Waals surface area (Å²) in [6.07, 6.45) is 2.41. The summed E-state index contributed by atoms with van der Waals surface area (Å²) in [6.45, 7) is 3.97. The third kappa shape index (κ3) is 4.54. The maximum absolute atomic E-state index is 8.23. The van der Waals surface area contributed by atoms with Crippen molar-refractivity contribution in [3.63, 3.8) is 0 Å². The first kappa shape index (κ1) is 9.67. The van der Waals surface area contributed by atoms with E-state index in [0.29, 0.717) is 6.42 Å². The molecule has 0 fully saturated rings. The zero-order chi connectivity index (χ0) is 8.04. The molecule has 0 N–H and O–H groups in total. The van der Waals surface area contributed by atoms with Gasteiger partial charge in [-0.05, 0) is 26.7 Å². The fourth-order valence-electron chi connectivity index (χ4n) is 0.644. The Hall–Kier alpha value is -0.333. The maximum atomic E-state index is 8.23. The van der Waals surface area contributed by atoms with Gasteiger partial charge in [-0.3, -0.25) is 0 Å². The molecule has 0 saturated heterocycles. The molecule has 0 aliphatic heterocycles. The Kier molecular flexibility index (Phi) is 4.33. The van der Waals surface area contributed by atoms with Gasteiger partial charge in [-0.2, -0.15) is 5.26 Å². The van der Waals surface area contributed by atoms with Crippen LogP contribution < -0.4 is 0 Å². The minimum atomic E-state index is -0.145. The Morgan fingerprint density at radius 1 is 1.60 bits per heavy atom. The molecule has 0 saturated carbocycles. The van der Waals surface area contributed by atoms with Crippen molar-refractivity contribution in [1.82, 2.24) is 0 Å². The van der Waals surface area contributed by atoms with Crippen molar-refractivity contribution in [2.45, 2.75) is 38.7 Å².